The molecule has 5 nitrogen and oxygen atoms in total. The van der Waals surface area contributed by atoms with E-state index in [9.17, 15) is 9.59 Å². The molecule has 1 heterocycles. The van der Waals surface area contributed by atoms with E-state index in [0.29, 0.717) is 26.5 Å². The fourth-order valence-corrected chi connectivity index (χ4v) is 3.28. The monoisotopic (exact) mass is 416 g/mol. The highest BCUT2D eigenvalue weighted by Gasteiger charge is 2.16. The maximum absolute atomic E-state index is 12.3. The number of thiophene rings is 1. The van der Waals surface area contributed by atoms with E-state index in [1.165, 1.54) is 11.3 Å². The molecule has 3 N–H and O–H groups in total. The van der Waals surface area contributed by atoms with Crippen LogP contribution in [-0.2, 0) is 0 Å². The minimum Gasteiger partial charge on any atom is -0.423 e. The van der Waals surface area contributed by atoms with Gasteiger partial charge in [0.1, 0.15) is 5.75 Å². The molecule has 2 aromatic carbocycles. The number of hydrogen-bond acceptors (Lipinski definition) is 5. The molecule has 0 radical (unpaired) electrons. The molecular formula is C18H13BrN2O3S. The second-order valence-corrected chi connectivity index (χ2v) is 6.85. The second-order valence-electron chi connectivity index (χ2n) is 5.05. The van der Waals surface area contributed by atoms with E-state index in [4.69, 9.17) is 10.5 Å². The molecule has 0 spiro atoms. The van der Waals surface area contributed by atoms with Crippen molar-refractivity contribution in [3.63, 3.8) is 0 Å². The number of ether oxygens (including phenoxy) is 1. The van der Waals surface area contributed by atoms with Crippen LogP contribution in [0.3, 0.4) is 0 Å². The summed E-state index contributed by atoms with van der Waals surface area (Å²) in [7, 11) is 0. The van der Waals surface area contributed by atoms with E-state index in [0.717, 1.165) is 0 Å². The number of nitrogens with two attached hydrogens (primary N) is 1. The summed E-state index contributed by atoms with van der Waals surface area (Å²) >= 11 is 4.66. The summed E-state index contributed by atoms with van der Waals surface area (Å²) in [5.41, 5.74) is 7.04. The number of carbonyl (C=O) groups excluding carboxylic acids is 2. The molecule has 0 aliphatic carbocycles. The second kappa shape index (κ2) is 7.50. The van der Waals surface area contributed by atoms with Crippen LogP contribution in [0.1, 0.15) is 20.0 Å². The third kappa shape index (κ3) is 4.07. The maximum atomic E-state index is 12.3. The van der Waals surface area contributed by atoms with Gasteiger partial charge in [0, 0.05) is 15.8 Å². The van der Waals surface area contributed by atoms with Gasteiger partial charge in [-0.3, -0.25) is 4.79 Å². The van der Waals surface area contributed by atoms with Crippen molar-refractivity contribution in [1.29, 1.82) is 0 Å². The Balaban J connectivity index is 1.68. The van der Waals surface area contributed by atoms with Crippen molar-refractivity contribution in [3.8, 4) is 5.75 Å². The molecule has 3 aromatic rings. The molecule has 0 fully saturated rings. The maximum Gasteiger partial charge on any atom is 0.346 e. The van der Waals surface area contributed by atoms with Gasteiger partial charge in [0.15, 0.2) is 0 Å². The number of nitrogens with one attached hydrogen (secondary N) is 1. The lowest BCUT2D eigenvalue weighted by Gasteiger charge is -2.09. The Morgan fingerprint density at radius 2 is 1.80 bits per heavy atom. The Hall–Kier alpha value is -2.64. The van der Waals surface area contributed by atoms with Crippen LogP contribution < -0.4 is 15.8 Å². The van der Waals surface area contributed by atoms with E-state index in [1.807, 2.05) is 11.4 Å². The van der Waals surface area contributed by atoms with Gasteiger partial charge in [-0.1, -0.05) is 12.1 Å². The molecule has 0 atom stereocenters. The van der Waals surface area contributed by atoms with Crippen molar-refractivity contribution in [2.45, 2.75) is 0 Å². The van der Waals surface area contributed by atoms with Gasteiger partial charge >= 0.3 is 5.97 Å². The van der Waals surface area contributed by atoms with Crippen LogP contribution >= 0.6 is 27.3 Å². The average Bonchev–Trinajstić information content (AvgIpc) is 3.11. The van der Waals surface area contributed by atoms with E-state index in [1.54, 1.807) is 48.5 Å². The Morgan fingerprint density at radius 1 is 1.04 bits per heavy atom. The fraction of sp³-hybridized carbons (Fsp3) is 0. The molecule has 3 rings (SSSR count). The topological polar surface area (TPSA) is 81.4 Å². The van der Waals surface area contributed by atoms with Gasteiger partial charge in [0.25, 0.3) is 5.91 Å². The van der Waals surface area contributed by atoms with Crippen molar-refractivity contribution in [3.05, 3.63) is 74.9 Å². The van der Waals surface area contributed by atoms with Crippen molar-refractivity contribution in [1.82, 2.24) is 0 Å². The minimum absolute atomic E-state index is 0.180. The van der Waals surface area contributed by atoms with Crippen molar-refractivity contribution < 1.29 is 14.3 Å². The Morgan fingerprint density at radius 3 is 2.44 bits per heavy atom. The van der Waals surface area contributed by atoms with Gasteiger partial charge in [0.2, 0.25) is 0 Å². The predicted octanol–water partition coefficient (Wildman–Crippen LogP) is 4.56. The number of hydrogen-bond donors (Lipinski definition) is 2. The van der Waals surface area contributed by atoms with Crippen LogP contribution in [0.4, 0.5) is 11.4 Å². The first kappa shape index (κ1) is 17.2. The number of halogens is 1. The smallest absolute Gasteiger partial charge is 0.346 e. The molecule has 0 bridgehead atoms. The molecule has 1 amide bonds. The lowest BCUT2D eigenvalue weighted by Crippen LogP contribution is -2.12. The van der Waals surface area contributed by atoms with Gasteiger partial charge in [-0.25, -0.2) is 4.79 Å². The van der Waals surface area contributed by atoms with Gasteiger partial charge in [-0.2, -0.15) is 0 Å². The number of rotatable bonds is 4. The lowest BCUT2D eigenvalue weighted by atomic mass is 10.2. The normalized spacial score (nSPS) is 10.3. The fourth-order valence-electron chi connectivity index (χ4n) is 2.12. The lowest BCUT2D eigenvalue weighted by molar-refractivity contribution is 0.0734. The van der Waals surface area contributed by atoms with Crippen LogP contribution in [0, 0.1) is 0 Å². The molecule has 25 heavy (non-hydrogen) atoms. The highest BCUT2D eigenvalue weighted by molar-refractivity contribution is 9.10. The zero-order valence-electron chi connectivity index (χ0n) is 12.9. The molecule has 0 aliphatic heterocycles. The molecule has 7 heteroatoms. The zero-order valence-corrected chi connectivity index (χ0v) is 15.3. The quantitative estimate of drug-likeness (QED) is 0.370. The van der Waals surface area contributed by atoms with Crippen molar-refractivity contribution in [2.24, 2.45) is 0 Å². The van der Waals surface area contributed by atoms with E-state index in [-0.39, 0.29) is 11.5 Å². The summed E-state index contributed by atoms with van der Waals surface area (Å²) in [4.78, 5) is 24.9. The molecule has 0 saturated carbocycles. The highest BCUT2D eigenvalue weighted by Crippen LogP contribution is 2.25. The number of anilines is 2. The van der Waals surface area contributed by atoms with Crippen LogP contribution in [0.15, 0.2) is 64.5 Å². The molecule has 0 unspecified atom stereocenters. The van der Waals surface area contributed by atoms with E-state index in [2.05, 4.69) is 21.2 Å². The third-order valence-electron chi connectivity index (χ3n) is 3.32. The molecule has 0 saturated heterocycles. The summed E-state index contributed by atoms with van der Waals surface area (Å²) < 4.78 is 5.90. The summed E-state index contributed by atoms with van der Waals surface area (Å²) in [5.74, 6) is -0.379. The molecular weight excluding hydrogens is 404 g/mol. The van der Waals surface area contributed by atoms with Gasteiger partial charge in [-0.05, 0) is 63.8 Å². The van der Waals surface area contributed by atoms with Crippen LogP contribution in [-0.4, -0.2) is 11.9 Å². The number of carbonyl (C=O) groups is 2. The minimum atomic E-state index is -0.555. The number of benzene rings is 2. The first-order valence-corrected chi connectivity index (χ1v) is 8.93. The number of nitrogen functional groups attached to an aromatic ring is 1. The number of esters is 1. The largest absolute Gasteiger partial charge is 0.423 e. The zero-order chi connectivity index (χ0) is 17.8. The van der Waals surface area contributed by atoms with Crippen molar-refractivity contribution >= 4 is 50.5 Å². The van der Waals surface area contributed by atoms with Gasteiger partial charge < -0.3 is 15.8 Å². The average molecular weight is 417 g/mol. The van der Waals surface area contributed by atoms with Gasteiger partial charge in [-0.15, -0.1) is 11.3 Å². The standard InChI is InChI=1S/C18H13BrN2O3S/c19-13-3-1-4-14(20)16(13)18(23)24-12-8-6-11(7-9-12)21-17(22)15-5-2-10-25-15/h1-10H,20H2,(H,21,22). The SMILES string of the molecule is Nc1cccc(Br)c1C(=O)Oc1ccc(NC(=O)c2cccs2)cc1. The van der Waals surface area contributed by atoms with E-state index >= 15 is 0 Å². The van der Waals surface area contributed by atoms with Crippen LogP contribution in [0.25, 0.3) is 0 Å². The molecule has 126 valence electrons. The first-order valence-electron chi connectivity index (χ1n) is 7.25. The highest BCUT2D eigenvalue weighted by atomic mass is 79.9. The Kier molecular flexibility index (Phi) is 5.16. The molecule has 1 aromatic heterocycles. The first-order chi connectivity index (χ1) is 12.0. The van der Waals surface area contributed by atoms with E-state index < -0.39 is 5.97 Å². The third-order valence-corrected chi connectivity index (χ3v) is 4.85. The Bertz CT molecular complexity index is 888. The predicted molar refractivity (Wildman–Crippen MR) is 102 cm³/mol. The Labute approximate surface area is 156 Å². The molecule has 0 aliphatic rings. The van der Waals surface area contributed by atoms with Gasteiger partial charge in [0.05, 0.1) is 10.4 Å². The number of amides is 1. The van der Waals surface area contributed by atoms with Crippen LogP contribution in [0.5, 0.6) is 5.75 Å². The summed E-state index contributed by atoms with van der Waals surface area (Å²) in [6, 6.07) is 15.2. The summed E-state index contributed by atoms with van der Waals surface area (Å²) in [6.45, 7) is 0. The summed E-state index contributed by atoms with van der Waals surface area (Å²) in [5, 5.41) is 4.62. The van der Waals surface area contributed by atoms with Crippen LogP contribution in [0.2, 0.25) is 0 Å². The summed E-state index contributed by atoms with van der Waals surface area (Å²) in [6.07, 6.45) is 0. The van der Waals surface area contributed by atoms with Crippen molar-refractivity contribution in [2.75, 3.05) is 11.1 Å².